The van der Waals surface area contributed by atoms with E-state index < -0.39 is 18.1 Å². The molecular formula is C21H23NO6. The Labute approximate surface area is 163 Å². The number of ketones is 1. The molecule has 2 rings (SSSR count). The molecule has 2 aromatic carbocycles. The number of carbonyl (C=O) groups excluding carboxylic acids is 3. The Morgan fingerprint density at radius 1 is 0.964 bits per heavy atom. The second-order valence-electron chi connectivity index (χ2n) is 5.94. The lowest BCUT2D eigenvalue weighted by Crippen LogP contribution is -2.42. The Bertz CT molecular complexity index is 806. The molecule has 1 atom stereocenters. The summed E-state index contributed by atoms with van der Waals surface area (Å²) in [6, 6.07) is 15.0. The van der Waals surface area contributed by atoms with E-state index >= 15 is 0 Å². The van der Waals surface area contributed by atoms with Crippen LogP contribution in [0.25, 0.3) is 0 Å². The average Bonchev–Trinajstić information content (AvgIpc) is 2.75. The predicted octanol–water partition coefficient (Wildman–Crippen LogP) is 3.13. The molecule has 0 aliphatic rings. The van der Waals surface area contributed by atoms with Gasteiger partial charge in [0.25, 0.3) is 0 Å². The molecule has 0 saturated carbocycles. The van der Waals surface area contributed by atoms with Crippen molar-refractivity contribution in [2.45, 2.75) is 25.5 Å². The molecule has 1 unspecified atom stereocenters. The van der Waals surface area contributed by atoms with Gasteiger partial charge in [-0.3, -0.25) is 4.79 Å². The zero-order chi connectivity index (χ0) is 20.4. The highest BCUT2D eigenvalue weighted by atomic mass is 16.6. The minimum atomic E-state index is -0.994. The van der Waals surface area contributed by atoms with Gasteiger partial charge in [-0.15, -0.1) is 0 Å². The van der Waals surface area contributed by atoms with E-state index in [1.54, 1.807) is 24.3 Å². The number of hydrogen-bond acceptors (Lipinski definition) is 6. The number of esters is 1. The Morgan fingerprint density at radius 3 is 2.32 bits per heavy atom. The molecule has 148 valence electrons. The van der Waals surface area contributed by atoms with Crippen molar-refractivity contribution >= 4 is 17.8 Å². The van der Waals surface area contributed by atoms with Crippen LogP contribution in [0.15, 0.2) is 54.6 Å². The first-order chi connectivity index (χ1) is 13.5. The van der Waals surface area contributed by atoms with Gasteiger partial charge in [0.05, 0.1) is 19.8 Å². The number of nitrogens with one attached hydrogen (secondary N) is 1. The number of benzene rings is 2. The van der Waals surface area contributed by atoms with Crippen LogP contribution < -0.4 is 10.1 Å². The van der Waals surface area contributed by atoms with E-state index in [1.165, 1.54) is 14.2 Å². The smallest absolute Gasteiger partial charge is 0.408 e. The highest BCUT2D eigenvalue weighted by molar-refractivity contribution is 5.99. The number of para-hydroxylation sites is 1. The van der Waals surface area contributed by atoms with E-state index in [2.05, 4.69) is 5.32 Å². The van der Waals surface area contributed by atoms with Crippen LogP contribution in [-0.2, 0) is 20.9 Å². The van der Waals surface area contributed by atoms with Crippen LogP contribution in [0.5, 0.6) is 5.75 Å². The van der Waals surface area contributed by atoms with Gasteiger partial charge in [-0.2, -0.15) is 0 Å². The maximum atomic E-state index is 12.5. The molecular weight excluding hydrogens is 362 g/mol. The molecule has 0 bridgehead atoms. The second kappa shape index (κ2) is 10.7. The van der Waals surface area contributed by atoms with E-state index in [1.807, 2.05) is 30.3 Å². The Balaban J connectivity index is 1.93. The molecule has 7 nitrogen and oxygen atoms in total. The molecule has 0 aliphatic heterocycles. The standard InChI is InChI=1S/C21H23NO6/c1-26-19-11-7-6-10-16(19)18(23)13-12-17(20(24)27-2)22-21(25)28-14-15-8-4-3-5-9-15/h3-11,17H,12-14H2,1-2H3,(H,22,25). The van der Waals surface area contributed by atoms with Crippen molar-refractivity contribution in [3.63, 3.8) is 0 Å². The summed E-state index contributed by atoms with van der Waals surface area (Å²) in [5, 5.41) is 2.45. The minimum Gasteiger partial charge on any atom is -0.496 e. The summed E-state index contributed by atoms with van der Waals surface area (Å²) in [7, 11) is 2.70. The molecule has 0 aromatic heterocycles. The molecule has 0 spiro atoms. The molecule has 0 saturated heterocycles. The quantitative estimate of drug-likeness (QED) is 0.527. The topological polar surface area (TPSA) is 90.9 Å². The Hall–Kier alpha value is -3.35. The van der Waals surface area contributed by atoms with E-state index in [4.69, 9.17) is 14.2 Å². The Morgan fingerprint density at radius 2 is 1.64 bits per heavy atom. The molecule has 0 aliphatic carbocycles. The van der Waals surface area contributed by atoms with Gasteiger partial charge in [-0.25, -0.2) is 9.59 Å². The van der Waals surface area contributed by atoms with Crippen LogP contribution in [0.2, 0.25) is 0 Å². The van der Waals surface area contributed by atoms with Crippen molar-refractivity contribution in [1.82, 2.24) is 5.32 Å². The summed E-state index contributed by atoms with van der Waals surface area (Å²) < 4.78 is 15.0. The maximum absolute atomic E-state index is 12.5. The average molecular weight is 385 g/mol. The van der Waals surface area contributed by atoms with Gasteiger partial charge in [-0.1, -0.05) is 42.5 Å². The fourth-order valence-corrected chi connectivity index (χ4v) is 2.58. The van der Waals surface area contributed by atoms with Gasteiger partial charge in [0.15, 0.2) is 5.78 Å². The van der Waals surface area contributed by atoms with Gasteiger partial charge in [-0.05, 0) is 24.1 Å². The van der Waals surface area contributed by atoms with E-state index in [0.29, 0.717) is 11.3 Å². The lowest BCUT2D eigenvalue weighted by Gasteiger charge is -2.16. The van der Waals surface area contributed by atoms with Gasteiger partial charge in [0.1, 0.15) is 18.4 Å². The lowest BCUT2D eigenvalue weighted by atomic mass is 10.0. The summed E-state index contributed by atoms with van der Waals surface area (Å²) in [6.45, 7) is 0.0701. The molecule has 0 heterocycles. The SMILES string of the molecule is COC(=O)C(CCC(=O)c1ccccc1OC)NC(=O)OCc1ccccc1. The summed E-state index contributed by atoms with van der Waals surface area (Å²) in [6.07, 6.45) is -0.660. The number of ether oxygens (including phenoxy) is 3. The van der Waals surface area contributed by atoms with Gasteiger partial charge in [0, 0.05) is 6.42 Å². The van der Waals surface area contributed by atoms with E-state index in [9.17, 15) is 14.4 Å². The highest BCUT2D eigenvalue weighted by Gasteiger charge is 2.24. The molecule has 0 radical (unpaired) electrons. The zero-order valence-electron chi connectivity index (χ0n) is 15.8. The van der Waals surface area contributed by atoms with Crippen LogP contribution in [0, 0.1) is 0 Å². The fourth-order valence-electron chi connectivity index (χ4n) is 2.58. The predicted molar refractivity (Wildman–Crippen MR) is 102 cm³/mol. The highest BCUT2D eigenvalue weighted by Crippen LogP contribution is 2.20. The largest absolute Gasteiger partial charge is 0.496 e. The van der Waals surface area contributed by atoms with E-state index in [0.717, 1.165) is 5.56 Å². The lowest BCUT2D eigenvalue weighted by molar-refractivity contribution is -0.143. The van der Waals surface area contributed by atoms with E-state index in [-0.39, 0.29) is 25.2 Å². The van der Waals surface area contributed by atoms with Crippen molar-refractivity contribution in [3.05, 3.63) is 65.7 Å². The summed E-state index contributed by atoms with van der Waals surface area (Å²) in [4.78, 5) is 36.4. The van der Waals surface area contributed by atoms with Crippen molar-refractivity contribution in [2.24, 2.45) is 0 Å². The Kier molecular flexibility index (Phi) is 8.02. The summed E-state index contributed by atoms with van der Waals surface area (Å²) in [5.74, 6) is -0.396. The first-order valence-corrected chi connectivity index (χ1v) is 8.76. The van der Waals surface area contributed by atoms with Crippen LogP contribution in [-0.4, -0.2) is 38.1 Å². The third kappa shape index (κ3) is 6.12. The van der Waals surface area contributed by atoms with Gasteiger partial charge < -0.3 is 19.5 Å². The molecule has 1 N–H and O–H groups in total. The third-order valence-electron chi connectivity index (χ3n) is 4.06. The monoisotopic (exact) mass is 385 g/mol. The molecule has 28 heavy (non-hydrogen) atoms. The molecule has 7 heteroatoms. The van der Waals surface area contributed by atoms with Crippen molar-refractivity contribution in [1.29, 1.82) is 0 Å². The maximum Gasteiger partial charge on any atom is 0.408 e. The van der Waals surface area contributed by atoms with Crippen LogP contribution in [0.3, 0.4) is 0 Å². The van der Waals surface area contributed by atoms with Gasteiger partial charge in [0.2, 0.25) is 0 Å². The summed E-state index contributed by atoms with van der Waals surface area (Å²) >= 11 is 0. The van der Waals surface area contributed by atoms with Crippen molar-refractivity contribution in [3.8, 4) is 5.75 Å². The second-order valence-corrected chi connectivity index (χ2v) is 5.94. The van der Waals surface area contributed by atoms with Crippen LogP contribution in [0.4, 0.5) is 4.79 Å². The van der Waals surface area contributed by atoms with Crippen molar-refractivity contribution in [2.75, 3.05) is 14.2 Å². The first-order valence-electron chi connectivity index (χ1n) is 8.76. The van der Waals surface area contributed by atoms with Crippen LogP contribution in [0.1, 0.15) is 28.8 Å². The van der Waals surface area contributed by atoms with Crippen molar-refractivity contribution < 1.29 is 28.6 Å². The number of carbonyl (C=O) groups is 3. The molecule has 2 aromatic rings. The normalized spacial score (nSPS) is 11.2. The number of alkyl carbamates (subject to hydrolysis) is 1. The van der Waals surface area contributed by atoms with Gasteiger partial charge >= 0.3 is 12.1 Å². The van der Waals surface area contributed by atoms with Crippen LogP contribution >= 0.6 is 0 Å². The molecule has 1 amide bonds. The fraction of sp³-hybridized carbons (Fsp3) is 0.286. The summed E-state index contributed by atoms with van der Waals surface area (Å²) in [5.41, 5.74) is 1.24. The third-order valence-corrected chi connectivity index (χ3v) is 4.06. The number of hydrogen-bond donors (Lipinski definition) is 1. The number of Topliss-reactive ketones (excluding diaryl/α,β-unsaturated/α-hetero) is 1. The zero-order valence-corrected chi connectivity index (χ0v) is 15.8. The number of methoxy groups -OCH3 is 2. The number of amides is 1. The minimum absolute atomic E-state index is 0.0269. The first kappa shape index (κ1) is 21.0. The molecule has 0 fully saturated rings. The number of rotatable bonds is 9.